The van der Waals surface area contributed by atoms with Crippen molar-refractivity contribution in [1.29, 1.82) is 0 Å². The third-order valence-electron chi connectivity index (χ3n) is 4.11. The van der Waals surface area contributed by atoms with Crippen LogP contribution in [0.15, 0.2) is 36.8 Å². The van der Waals surface area contributed by atoms with Crippen LogP contribution in [0.1, 0.15) is 18.4 Å². The molecule has 1 aliphatic rings. The summed E-state index contributed by atoms with van der Waals surface area (Å²) >= 11 is 0. The largest absolute Gasteiger partial charge is 0.355 e. The van der Waals surface area contributed by atoms with Gasteiger partial charge in [0.1, 0.15) is 11.6 Å². The van der Waals surface area contributed by atoms with E-state index in [0.717, 1.165) is 25.2 Å². The van der Waals surface area contributed by atoms with Gasteiger partial charge in [-0.2, -0.15) is 0 Å². The Bertz CT molecular complexity index is 692. The summed E-state index contributed by atoms with van der Waals surface area (Å²) in [6.45, 7) is 3.15. The number of nitrogens with zero attached hydrogens (tertiary/aromatic N) is 3. The van der Waals surface area contributed by atoms with E-state index >= 15 is 0 Å². The Morgan fingerprint density at radius 3 is 3.00 bits per heavy atom. The summed E-state index contributed by atoms with van der Waals surface area (Å²) in [5.74, 6) is 0.246. The van der Waals surface area contributed by atoms with Crippen molar-refractivity contribution in [2.45, 2.75) is 19.8 Å². The van der Waals surface area contributed by atoms with E-state index in [1.807, 2.05) is 0 Å². The average molecular weight is 314 g/mol. The Morgan fingerprint density at radius 2 is 2.26 bits per heavy atom. The molecule has 1 aliphatic heterocycles. The van der Waals surface area contributed by atoms with E-state index in [1.54, 1.807) is 37.6 Å². The monoisotopic (exact) mass is 314 g/mol. The van der Waals surface area contributed by atoms with Gasteiger partial charge in [0.05, 0.1) is 12.1 Å². The van der Waals surface area contributed by atoms with Crippen molar-refractivity contribution in [1.82, 2.24) is 9.97 Å². The minimum Gasteiger partial charge on any atom is -0.355 e. The van der Waals surface area contributed by atoms with E-state index in [2.05, 4.69) is 20.2 Å². The first kappa shape index (κ1) is 15.4. The minimum atomic E-state index is -0.312. The number of aryl methyl sites for hydroxylation is 1. The fourth-order valence-corrected chi connectivity index (χ4v) is 2.77. The Hall–Kier alpha value is -2.50. The number of anilines is 2. The molecule has 2 heterocycles. The van der Waals surface area contributed by atoms with Gasteiger partial charge >= 0.3 is 0 Å². The van der Waals surface area contributed by atoms with Crippen LogP contribution < -0.4 is 10.2 Å². The lowest BCUT2D eigenvalue weighted by Crippen LogP contribution is -2.41. The van der Waals surface area contributed by atoms with Crippen LogP contribution in [0, 0.1) is 18.7 Å². The molecule has 1 fully saturated rings. The lowest BCUT2D eigenvalue weighted by molar-refractivity contribution is -0.120. The molecule has 0 bridgehead atoms. The molecule has 23 heavy (non-hydrogen) atoms. The van der Waals surface area contributed by atoms with E-state index in [4.69, 9.17) is 0 Å². The second-order valence-electron chi connectivity index (χ2n) is 5.80. The van der Waals surface area contributed by atoms with E-state index < -0.39 is 0 Å². The summed E-state index contributed by atoms with van der Waals surface area (Å²) in [4.78, 5) is 22.9. The molecule has 1 N–H and O–H groups in total. The Labute approximate surface area is 134 Å². The van der Waals surface area contributed by atoms with Gasteiger partial charge in [-0.25, -0.2) is 9.37 Å². The summed E-state index contributed by atoms with van der Waals surface area (Å²) < 4.78 is 13.6. The average Bonchev–Trinajstić information content (AvgIpc) is 2.59. The van der Waals surface area contributed by atoms with E-state index in [0.29, 0.717) is 17.8 Å². The molecule has 3 rings (SSSR count). The van der Waals surface area contributed by atoms with Crippen molar-refractivity contribution < 1.29 is 9.18 Å². The number of carbonyl (C=O) groups excluding carboxylic acids is 1. The van der Waals surface area contributed by atoms with Crippen LogP contribution in [0.25, 0.3) is 0 Å². The molecular formula is C17H19FN4O. The minimum absolute atomic E-state index is 0.0816. The second-order valence-corrected chi connectivity index (χ2v) is 5.80. The highest BCUT2D eigenvalue weighted by molar-refractivity contribution is 5.93. The summed E-state index contributed by atoms with van der Waals surface area (Å²) in [7, 11) is 0. The molecule has 1 saturated heterocycles. The number of hydrogen-bond acceptors (Lipinski definition) is 4. The zero-order chi connectivity index (χ0) is 16.2. The second kappa shape index (κ2) is 6.73. The maximum atomic E-state index is 13.6. The van der Waals surface area contributed by atoms with Gasteiger partial charge in [0.25, 0.3) is 0 Å². The molecule has 1 aromatic carbocycles. The van der Waals surface area contributed by atoms with Gasteiger partial charge in [0.2, 0.25) is 5.91 Å². The highest BCUT2D eigenvalue weighted by atomic mass is 19.1. The lowest BCUT2D eigenvalue weighted by atomic mass is 9.97. The molecule has 2 aromatic rings. The van der Waals surface area contributed by atoms with Crippen LogP contribution in [0.2, 0.25) is 0 Å². The number of amides is 1. The zero-order valence-corrected chi connectivity index (χ0v) is 13.0. The molecular weight excluding hydrogens is 295 g/mol. The summed E-state index contributed by atoms with van der Waals surface area (Å²) in [5, 5.41) is 2.81. The van der Waals surface area contributed by atoms with Crippen molar-refractivity contribution in [3.8, 4) is 0 Å². The van der Waals surface area contributed by atoms with Gasteiger partial charge in [-0.3, -0.25) is 9.78 Å². The van der Waals surface area contributed by atoms with Gasteiger partial charge in [0, 0.05) is 31.2 Å². The van der Waals surface area contributed by atoms with Crippen molar-refractivity contribution in [3.05, 3.63) is 48.2 Å². The third-order valence-corrected chi connectivity index (χ3v) is 4.11. The Morgan fingerprint density at radius 1 is 1.39 bits per heavy atom. The molecule has 5 nitrogen and oxygen atoms in total. The van der Waals surface area contributed by atoms with Gasteiger partial charge in [-0.1, -0.05) is 6.07 Å². The van der Waals surface area contributed by atoms with E-state index in [9.17, 15) is 9.18 Å². The van der Waals surface area contributed by atoms with Crippen molar-refractivity contribution in [2.75, 3.05) is 23.3 Å². The zero-order valence-electron chi connectivity index (χ0n) is 13.0. The van der Waals surface area contributed by atoms with Crippen LogP contribution in [-0.4, -0.2) is 29.0 Å². The number of piperidine rings is 1. The van der Waals surface area contributed by atoms with Gasteiger partial charge in [0.15, 0.2) is 0 Å². The van der Waals surface area contributed by atoms with Crippen LogP contribution in [0.4, 0.5) is 15.9 Å². The van der Waals surface area contributed by atoms with Crippen LogP contribution >= 0.6 is 0 Å². The molecule has 0 spiro atoms. The summed E-state index contributed by atoms with van der Waals surface area (Å²) in [6.07, 6.45) is 6.71. The fraction of sp³-hybridized carbons (Fsp3) is 0.353. The molecule has 1 unspecified atom stereocenters. The van der Waals surface area contributed by atoms with Crippen LogP contribution in [-0.2, 0) is 4.79 Å². The standard InChI is InChI=1S/C17H19FN4O/c1-12-4-5-14(9-15(12)18)21-17(23)13-3-2-8-22(11-13)16-10-19-6-7-20-16/h4-7,9-10,13H,2-3,8,11H2,1H3,(H,21,23). The van der Waals surface area contributed by atoms with E-state index in [-0.39, 0.29) is 17.6 Å². The number of aromatic nitrogens is 2. The molecule has 0 saturated carbocycles. The number of carbonyl (C=O) groups is 1. The summed E-state index contributed by atoms with van der Waals surface area (Å²) in [6, 6.07) is 4.74. The number of halogens is 1. The van der Waals surface area contributed by atoms with Gasteiger partial charge in [-0.05, 0) is 37.5 Å². The van der Waals surface area contributed by atoms with E-state index in [1.165, 1.54) is 6.07 Å². The number of hydrogen-bond donors (Lipinski definition) is 1. The highest BCUT2D eigenvalue weighted by Gasteiger charge is 2.26. The SMILES string of the molecule is Cc1ccc(NC(=O)C2CCCN(c3cnccn3)C2)cc1F. The number of benzene rings is 1. The molecule has 1 atom stereocenters. The molecule has 1 aromatic heterocycles. The Kier molecular flexibility index (Phi) is 4.50. The van der Waals surface area contributed by atoms with Crippen molar-refractivity contribution in [3.63, 3.8) is 0 Å². The maximum absolute atomic E-state index is 13.6. The topological polar surface area (TPSA) is 58.1 Å². The quantitative estimate of drug-likeness (QED) is 0.946. The lowest BCUT2D eigenvalue weighted by Gasteiger charge is -2.32. The van der Waals surface area contributed by atoms with Crippen molar-refractivity contribution >= 4 is 17.4 Å². The van der Waals surface area contributed by atoms with Crippen LogP contribution in [0.5, 0.6) is 0 Å². The maximum Gasteiger partial charge on any atom is 0.229 e. The number of rotatable bonds is 3. The first-order chi connectivity index (χ1) is 11.1. The first-order valence-electron chi connectivity index (χ1n) is 7.71. The summed E-state index contributed by atoms with van der Waals surface area (Å²) in [5.41, 5.74) is 1.06. The molecule has 0 aliphatic carbocycles. The third kappa shape index (κ3) is 3.64. The van der Waals surface area contributed by atoms with Gasteiger partial charge in [-0.15, -0.1) is 0 Å². The molecule has 0 radical (unpaired) electrons. The molecule has 120 valence electrons. The number of nitrogens with one attached hydrogen (secondary N) is 1. The smallest absolute Gasteiger partial charge is 0.229 e. The fourth-order valence-electron chi connectivity index (χ4n) is 2.77. The van der Waals surface area contributed by atoms with Gasteiger partial charge < -0.3 is 10.2 Å². The van der Waals surface area contributed by atoms with Crippen LogP contribution in [0.3, 0.4) is 0 Å². The van der Waals surface area contributed by atoms with Crippen molar-refractivity contribution in [2.24, 2.45) is 5.92 Å². The normalized spacial score (nSPS) is 17.8. The molecule has 1 amide bonds. The first-order valence-corrected chi connectivity index (χ1v) is 7.71. The Balaban J connectivity index is 1.66. The molecule has 6 heteroatoms. The predicted molar refractivity (Wildman–Crippen MR) is 86.7 cm³/mol. The predicted octanol–water partition coefficient (Wildman–Crippen LogP) is 2.78. The highest BCUT2D eigenvalue weighted by Crippen LogP contribution is 2.22.